The molecule has 0 aromatic carbocycles. The Kier molecular flexibility index (Phi) is 9.79. The van der Waals surface area contributed by atoms with Crippen molar-refractivity contribution in [1.82, 2.24) is 0 Å². The first-order valence-electron chi connectivity index (χ1n) is 8.78. The van der Waals surface area contributed by atoms with Crippen LogP contribution in [0.4, 0.5) is 0 Å². The summed E-state index contributed by atoms with van der Waals surface area (Å²) in [6.07, 6.45) is 14.8. The van der Waals surface area contributed by atoms with E-state index in [0.717, 1.165) is 37.7 Å². The zero-order valence-electron chi connectivity index (χ0n) is 14.1. The van der Waals surface area contributed by atoms with Gasteiger partial charge < -0.3 is 5.11 Å². The molecule has 1 unspecified atom stereocenters. The maximum atomic E-state index is 11.9. The van der Waals surface area contributed by atoms with Crippen molar-refractivity contribution in [2.24, 2.45) is 5.92 Å². The molecule has 23 heavy (non-hydrogen) atoms. The van der Waals surface area contributed by atoms with Gasteiger partial charge in [0, 0.05) is 18.4 Å². The van der Waals surface area contributed by atoms with Crippen LogP contribution in [0.5, 0.6) is 0 Å². The number of carboxylic acids is 1. The molecule has 0 fully saturated rings. The van der Waals surface area contributed by atoms with Crippen molar-refractivity contribution in [2.45, 2.75) is 71.1 Å². The molecular formula is C20H28O3. The lowest BCUT2D eigenvalue weighted by Gasteiger charge is -2.03. The summed E-state index contributed by atoms with van der Waals surface area (Å²) in [6, 6.07) is 0. The van der Waals surface area contributed by atoms with E-state index in [2.05, 4.69) is 18.8 Å². The van der Waals surface area contributed by atoms with Crippen LogP contribution in [-0.2, 0) is 9.59 Å². The molecule has 126 valence electrons. The number of rotatable bonds is 10. The Labute approximate surface area is 139 Å². The van der Waals surface area contributed by atoms with E-state index in [4.69, 9.17) is 5.11 Å². The average Bonchev–Trinajstić information content (AvgIpc) is 2.86. The van der Waals surface area contributed by atoms with Crippen molar-refractivity contribution in [3.8, 4) is 11.8 Å². The predicted octanol–water partition coefficient (Wildman–Crippen LogP) is 4.68. The molecule has 0 aliphatic heterocycles. The molecule has 1 aliphatic carbocycles. The molecule has 1 aliphatic rings. The number of allylic oxidation sites excluding steroid dienone is 4. The summed E-state index contributed by atoms with van der Waals surface area (Å²) in [5.41, 5.74) is 0.796. The Hall–Kier alpha value is -1.82. The Morgan fingerprint density at radius 3 is 2.74 bits per heavy atom. The lowest BCUT2D eigenvalue weighted by molar-refractivity contribution is -0.137. The lowest BCUT2D eigenvalue weighted by Crippen LogP contribution is -2.01. The van der Waals surface area contributed by atoms with Crippen LogP contribution >= 0.6 is 0 Å². The first kappa shape index (κ1) is 19.2. The molecule has 0 heterocycles. The maximum Gasteiger partial charge on any atom is 0.303 e. The first-order valence-corrected chi connectivity index (χ1v) is 8.78. The number of ketones is 1. The van der Waals surface area contributed by atoms with E-state index in [1.165, 1.54) is 19.3 Å². The fourth-order valence-electron chi connectivity index (χ4n) is 2.57. The third-order valence-electron chi connectivity index (χ3n) is 3.93. The average molecular weight is 316 g/mol. The van der Waals surface area contributed by atoms with Crippen LogP contribution in [0.2, 0.25) is 0 Å². The molecule has 1 rings (SSSR count). The Bertz CT molecular complexity index is 503. The van der Waals surface area contributed by atoms with Gasteiger partial charge in [0.05, 0.1) is 5.92 Å². The molecule has 0 amide bonds. The minimum atomic E-state index is -0.743. The summed E-state index contributed by atoms with van der Waals surface area (Å²) in [6.45, 7) is 2.19. The third-order valence-corrected chi connectivity index (χ3v) is 3.93. The molecule has 0 saturated heterocycles. The number of hydrogen-bond acceptors (Lipinski definition) is 2. The Morgan fingerprint density at radius 1 is 1.22 bits per heavy atom. The number of hydrogen-bond donors (Lipinski definition) is 1. The van der Waals surface area contributed by atoms with Crippen molar-refractivity contribution in [3.05, 3.63) is 23.8 Å². The highest BCUT2D eigenvalue weighted by atomic mass is 16.4. The number of carboxylic acid groups (broad SMARTS) is 1. The summed E-state index contributed by atoms with van der Waals surface area (Å²) >= 11 is 0. The fourth-order valence-corrected chi connectivity index (χ4v) is 2.57. The molecule has 0 aromatic rings. The van der Waals surface area contributed by atoms with Crippen molar-refractivity contribution in [3.63, 3.8) is 0 Å². The molecule has 1 N–H and O–H groups in total. The van der Waals surface area contributed by atoms with Gasteiger partial charge >= 0.3 is 5.97 Å². The second-order valence-electron chi connectivity index (χ2n) is 5.99. The van der Waals surface area contributed by atoms with E-state index in [1.807, 2.05) is 12.2 Å². The standard InChI is InChI=1S/C20H28O3/c1-2-3-4-5-6-9-12-17-15-16-19(21)18(17)13-10-7-8-11-14-20(22)23/h13,15-17H,2-8,10-11,14H2,1H3,(H,22,23). The fraction of sp³-hybridized carbons (Fsp3) is 0.600. The van der Waals surface area contributed by atoms with Gasteiger partial charge in [0.25, 0.3) is 0 Å². The highest BCUT2D eigenvalue weighted by Crippen LogP contribution is 2.22. The van der Waals surface area contributed by atoms with E-state index in [9.17, 15) is 9.59 Å². The molecule has 3 heteroatoms. The van der Waals surface area contributed by atoms with Crippen LogP contribution in [0.3, 0.4) is 0 Å². The van der Waals surface area contributed by atoms with Crippen molar-refractivity contribution in [1.29, 1.82) is 0 Å². The number of unbranched alkanes of at least 4 members (excludes halogenated alkanes) is 7. The van der Waals surface area contributed by atoms with Gasteiger partial charge in [-0.05, 0) is 31.8 Å². The number of aliphatic carboxylic acids is 1. The van der Waals surface area contributed by atoms with Gasteiger partial charge in [-0.3, -0.25) is 9.59 Å². The lowest BCUT2D eigenvalue weighted by atomic mass is 10.00. The van der Waals surface area contributed by atoms with Crippen LogP contribution in [0.1, 0.15) is 71.1 Å². The van der Waals surface area contributed by atoms with Gasteiger partial charge in [-0.1, -0.05) is 50.7 Å². The van der Waals surface area contributed by atoms with Crippen molar-refractivity contribution < 1.29 is 14.7 Å². The van der Waals surface area contributed by atoms with Gasteiger partial charge in [0.15, 0.2) is 5.78 Å². The van der Waals surface area contributed by atoms with Crippen LogP contribution in [0, 0.1) is 17.8 Å². The van der Waals surface area contributed by atoms with Crippen LogP contribution < -0.4 is 0 Å². The zero-order chi connectivity index (χ0) is 16.9. The molecule has 0 spiro atoms. The van der Waals surface area contributed by atoms with E-state index in [0.29, 0.717) is 6.42 Å². The second-order valence-corrected chi connectivity index (χ2v) is 5.99. The molecule has 3 nitrogen and oxygen atoms in total. The third kappa shape index (κ3) is 8.40. The summed E-state index contributed by atoms with van der Waals surface area (Å²) in [5, 5.41) is 8.58. The van der Waals surface area contributed by atoms with Crippen molar-refractivity contribution in [2.75, 3.05) is 0 Å². The summed E-state index contributed by atoms with van der Waals surface area (Å²) in [5.74, 6) is 5.68. The van der Waals surface area contributed by atoms with Crippen LogP contribution in [0.25, 0.3) is 0 Å². The maximum absolute atomic E-state index is 11.9. The molecule has 0 radical (unpaired) electrons. The van der Waals surface area contributed by atoms with Gasteiger partial charge in [-0.15, -0.1) is 5.92 Å². The number of carbonyl (C=O) groups is 2. The predicted molar refractivity (Wildman–Crippen MR) is 93.0 cm³/mol. The summed E-state index contributed by atoms with van der Waals surface area (Å²) in [7, 11) is 0. The SMILES string of the molecule is CCCCCCC#CC1C=CC(=O)C1=CCCCCCC(=O)O. The normalized spacial score (nSPS) is 18.2. The topological polar surface area (TPSA) is 54.4 Å². The van der Waals surface area contributed by atoms with E-state index >= 15 is 0 Å². The largest absolute Gasteiger partial charge is 0.481 e. The highest BCUT2D eigenvalue weighted by molar-refractivity contribution is 6.07. The van der Waals surface area contributed by atoms with E-state index in [-0.39, 0.29) is 18.1 Å². The minimum absolute atomic E-state index is 0.0484. The molecule has 0 bridgehead atoms. The second kappa shape index (κ2) is 11.7. The smallest absolute Gasteiger partial charge is 0.303 e. The highest BCUT2D eigenvalue weighted by Gasteiger charge is 2.20. The summed E-state index contributed by atoms with van der Waals surface area (Å²) in [4.78, 5) is 22.3. The van der Waals surface area contributed by atoms with Gasteiger partial charge in [-0.25, -0.2) is 0 Å². The molecule has 1 atom stereocenters. The Balaban J connectivity index is 2.34. The quantitative estimate of drug-likeness (QED) is 0.362. The molecule has 0 saturated carbocycles. The van der Waals surface area contributed by atoms with Gasteiger partial charge in [0.1, 0.15) is 0 Å². The van der Waals surface area contributed by atoms with Gasteiger partial charge in [-0.2, -0.15) is 0 Å². The van der Waals surface area contributed by atoms with E-state index < -0.39 is 5.97 Å². The summed E-state index contributed by atoms with van der Waals surface area (Å²) < 4.78 is 0. The van der Waals surface area contributed by atoms with E-state index in [1.54, 1.807) is 6.08 Å². The minimum Gasteiger partial charge on any atom is -0.481 e. The molecular weight excluding hydrogens is 288 g/mol. The number of carbonyl (C=O) groups excluding carboxylic acids is 1. The first-order chi connectivity index (χ1) is 11.1. The zero-order valence-corrected chi connectivity index (χ0v) is 14.1. The van der Waals surface area contributed by atoms with Crippen molar-refractivity contribution >= 4 is 11.8 Å². The monoisotopic (exact) mass is 316 g/mol. The van der Waals surface area contributed by atoms with Crippen LogP contribution in [-0.4, -0.2) is 16.9 Å². The van der Waals surface area contributed by atoms with Crippen LogP contribution in [0.15, 0.2) is 23.8 Å². The Morgan fingerprint density at radius 2 is 2.00 bits per heavy atom. The van der Waals surface area contributed by atoms with Gasteiger partial charge in [0.2, 0.25) is 0 Å². The molecule has 0 aromatic heterocycles.